The molecular formula is C96H147N13O17. The molecule has 2 aromatic heterocycles. The molecule has 0 aliphatic carbocycles. The number of piperidine rings is 1. The number of aromatic nitrogens is 2. The number of likely N-dealkylation sites (N-methyl/N-ethyl adjacent to an activating group) is 2. The summed E-state index contributed by atoms with van der Waals surface area (Å²) >= 11 is 0. The van der Waals surface area contributed by atoms with Crippen LogP contribution in [0.15, 0.2) is 103 Å². The van der Waals surface area contributed by atoms with Crippen LogP contribution >= 0.6 is 0 Å². The normalized spacial score (nSPS) is 16.3. The number of methoxy groups -OCH3 is 2. The number of nitrogens with one attached hydrogen (secondary N) is 5. The Balaban J connectivity index is 0.000000474. The van der Waals surface area contributed by atoms with Crippen LogP contribution in [0.5, 0.6) is 0 Å². The molecule has 0 saturated carbocycles. The van der Waals surface area contributed by atoms with E-state index in [1.165, 1.54) is 31.7 Å². The average Bonchev–Trinajstić information content (AvgIpc) is 1.74. The highest BCUT2D eigenvalue weighted by Gasteiger charge is 2.44. The van der Waals surface area contributed by atoms with Crippen LogP contribution in [0.2, 0.25) is 0 Å². The van der Waals surface area contributed by atoms with Crippen molar-refractivity contribution < 1.29 is 81.5 Å². The number of amides is 9. The summed E-state index contributed by atoms with van der Waals surface area (Å²) in [6.45, 7) is 31.4. The maximum absolute atomic E-state index is 14.8. The van der Waals surface area contributed by atoms with E-state index in [4.69, 9.17) is 29.4 Å². The lowest BCUT2D eigenvalue weighted by atomic mass is 9.83. The third kappa shape index (κ3) is 33.3. The number of ether oxygens (including phenoxy) is 5. The van der Waals surface area contributed by atoms with Crippen molar-refractivity contribution in [1.29, 1.82) is 0 Å². The largest absolute Gasteiger partial charge is 0.445 e. The number of aryl methyl sites for hydroxylation is 2. The van der Waals surface area contributed by atoms with Gasteiger partial charge in [-0.3, -0.25) is 43.2 Å². The van der Waals surface area contributed by atoms with Gasteiger partial charge < -0.3 is 90.2 Å². The van der Waals surface area contributed by atoms with Gasteiger partial charge in [0, 0.05) is 159 Å². The predicted molar refractivity (Wildman–Crippen MR) is 488 cm³/mol. The maximum Gasteiger partial charge on any atom is 0.410 e. The summed E-state index contributed by atoms with van der Waals surface area (Å²) < 4.78 is 31.2. The highest BCUT2D eigenvalue weighted by Crippen LogP contribution is 2.34. The molecule has 2 aliphatic heterocycles. The maximum atomic E-state index is 14.8. The minimum atomic E-state index is -0.943. The summed E-state index contributed by atoms with van der Waals surface area (Å²) in [5.74, 6) is -5.26. The van der Waals surface area contributed by atoms with Crippen molar-refractivity contribution in [3.05, 3.63) is 126 Å². The minimum Gasteiger partial charge on any atom is -0.445 e. The number of nitrogens with two attached hydrogens (primary N) is 1. The summed E-state index contributed by atoms with van der Waals surface area (Å²) in [4.78, 5) is 160. The Bertz CT molecular complexity index is 4230. The fourth-order valence-corrected chi connectivity index (χ4v) is 16.8. The SMILES string of the molecule is CCN(C)Cc1cc2cccnc2n1CCC(=O)N1CCC(NCCOCCOCCC(=O)Nc2ccc(C)cc2)CC1.CC[C@H](C)[C@@H]([C@@H](CC(=O)N1CCC[C@H]1[C@H](OC)[C@@H](C)C(=O)C[C@H](C)[C@@H](O)c1ccccc1)OC)N(C)C(=O)[C@@H](CC(=O)[C@H](C(C)C)N(C)C(=O)OCc1ccc(NC(=O)[C@H](CCCNC(N)=O)CC(=O)[C@@H](NC(C)=O)C(C)C)cc1)C(C)C. The molecule has 698 valence electrons. The third-order valence-electron chi connectivity index (χ3n) is 24.5. The van der Waals surface area contributed by atoms with Gasteiger partial charge in [-0.25, -0.2) is 14.6 Å². The van der Waals surface area contributed by atoms with E-state index >= 15 is 0 Å². The number of hydrogen-bond acceptors (Lipinski definition) is 20. The van der Waals surface area contributed by atoms with Gasteiger partial charge in [0.15, 0.2) is 11.6 Å². The number of urea groups is 1. The van der Waals surface area contributed by atoms with Crippen molar-refractivity contribution in [1.82, 2.24) is 50.0 Å². The number of pyridine rings is 1. The molecule has 30 heteroatoms. The van der Waals surface area contributed by atoms with Crippen LogP contribution in [0.1, 0.15) is 195 Å². The summed E-state index contributed by atoms with van der Waals surface area (Å²) in [5, 5.41) is 26.6. The molecule has 9 amide bonds. The first-order valence-corrected chi connectivity index (χ1v) is 45.2. The predicted octanol–water partition coefficient (Wildman–Crippen LogP) is 11.7. The summed E-state index contributed by atoms with van der Waals surface area (Å²) in [6, 6.07) is 26.8. The lowest BCUT2D eigenvalue weighted by molar-refractivity contribution is -0.149. The van der Waals surface area contributed by atoms with E-state index in [9.17, 15) is 57.8 Å². The van der Waals surface area contributed by atoms with Crippen molar-refractivity contribution >= 4 is 87.3 Å². The number of carbonyl (C=O) groups is 11. The number of benzene rings is 3. The highest BCUT2D eigenvalue weighted by atomic mass is 16.6. The summed E-state index contributed by atoms with van der Waals surface area (Å²) in [5.41, 5.74) is 11.0. The van der Waals surface area contributed by atoms with Crippen LogP contribution in [0.4, 0.5) is 21.0 Å². The number of likely N-dealkylation sites (tertiary alicyclic amines) is 2. The monoisotopic (exact) mass is 1750 g/mol. The second-order valence-electron chi connectivity index (χ2n) is 35.2. The Morgan fingerprint density at radius 1 is 0.667 bits per heavy atom. The van der Waals surface area contributed by atoms with Crippen LogP contribution in [0.3, 0.4) is 0 Å². The van der Waals surface area contributed by atoms with Gasteiger partial charge in [-0.05, 0) is 142 Å². The lowest BCUT2D eigenvalue weighted by Crippen LogP contribution is -2.54. The number of primary amides is 1. The van der Waals surface area contributed by atoms with Crippen molar-refractivity contribution in [2.24, 2.45) is 53.1 Å². The zero-order chi connectivity index (χ0) is 92.9. The van der Waals surface area contributed by atoms with E-state index in [1.807, 2.05) is 134 Å². The van der Waals surface area contributed by atoms with Crippen LogP contribution in [0, 0.1) is 54.3 Å². The summed E-state index contributed by atoms with van der Waals surface area (Å²) in [6.07, 6.45) is 4.04. The van der Waals surface area contributed by atoms with Gasteiger partial charge >= 0.3 is 12.1 Å². The zero-order valence-corrected chi connectivity index (χ0v) is 78.1. The molecule has 2 saturated heterocycles. The van der Waals surface area contributed by atoms with Crippen molar-refractivity contribution in [2.75, 3.05) is 112 Å². The van der Waals surface area contributed by atoms with Crippen molar-refractivity contribution in [3.63, 3.8) is 0 Å². The van der Waals surface area contributed by atoms with E-state index in [0.717, 1.165) is 79.8 Å². The van der Waals surface area contributed by atoms with Crippen LogP contribution in [0.25, 0.3) is 11.0 Å². The number of ketones is 3. The lowest BCUT2D eigenvalue weighted by Gasteiger charge is -2.41. The van der Waals surface area contributed by atoms with Crippen LogP contribution in [-0.2, 0) is 86.5 Å². The Hall–Kier alpha value is -9.56. The van der Waals surface area contributed by atoms with Gasteiger partial charge in [0.1, 0.15) is 18.0 Å². The highest BCUT2D eigenvalue weighted by molar-refractivity contribution is 5.98. The number of aliphatic hydroxyl groups excluding tert-OH is 1. The molecule has 0 unspecified atom stereocenters. The molecule has 7 rings (SSSR count). The van der Waals surface area contributed by atoms with Gasteiger partial charge in [-0.1, -0.05) is 143 Å². The van der Waals surface area contributed by atoms with Gasteiger partial charge in [0.05, 0.1) is 81.7 Å². The number of hydrogen-bond donors (Lipinski definition) is 7. The van der Waals surface area contributed by atoms with E-state index < -0.39 is 72.2 Å². The molecule has 30 nitrogen and oxygen atoms in total. The first-order valence-electron chi connectivity index (χ1n) is 45.2. The number of rotatable bonds is 52. The first-order chi connectivity index (χ1) is 60.0. The molecular weight excluding hydrogens is 1610 g/mol. The number of carbonyl (C=O) groups excluding carboxylic acids is 11. The molecule has 8 N–H and O–H groups in total. The fourth-order valence-electron chi connectivity index (χ4n) is 16.8. The topological polar surface area (TPSA) is 374 Å². The number of anilines is 2. The Morgan fingerprint density at radius 3 is 1.94 bits per heavy atom. The second kappa shape index (κ2) is 53.9. The van der Waals surface area contributed by atoms with Crippen molar-refractivity contribution in [2.45, 2.75) is 242 Å². The average molecular weight is 1760 g/mol. The smallest absolute Gasteiger partial charge is 0.410 e. The molecule has 0 spiro atoms. The Kier molecular flexibility index (Phi) is 45.0. The molecule has 2 aliphatic rings. The minimum absolute atomic E-state index is 0.0430. The molecule has 0 bridgehead atoms. The number of Topliss-reactive ketones (excluding diaryl/α,β-unsaturated/α-hetero) is 3. The first kappa shape index (κ1) is 105. The van der Waals surface area contributed by atoms with Crippen LogP contribution in [-0.4, -0.2) is 248 Å². The Labute approximate surface area is 747 Å². The quantitative estimate of drug-likeness (QED) is 0.0178. The third-order valence-corrected chi connectivity index (χ3v) is 24.5. The van der Waals surface area contributed by atoms with Gasteiger partial charge in [0.25, 0.3) is 0 Å². The van der Waals surface area contributed by atoms with E-state index in [0.29, 0.717) is 88.9 Å². The van der Waals surface area contributed by atoms with Crippen molar-refractivity contribution in [3.8, 4) is 0 Å². The molecule has 12 atom stereocenters. The zero-order valence-electron chi connectivity index (χ0n) is 78.1. The molecule has 4 heterocycles. The number of aliphatic hydroxyl groups is 1. The van der Waals surface area contributed by atoms with Gasteiger partial charge in [0.2, 0.25) is 35.4 Å². The van der Waals surface area contributed by atoms with Crippen LogP contribution < -0.4 is 32.3 Å². The Morgan fingerprint density at radius 2 is 1.33 bits per heavy atom. The molecule has 5 aromatic rings. The second-order valence-corrected chi connectivity index (χ2v) is 35.2. The molecule has 3 aromatic carbocycles. The van der Waals surface area contributed by atoms with Gasteiger partial charge in [-0.15, -0.1) is 0 Å². The van der Waals surface area contributed by atoms with E-state index in [2.05, 4.69) is 67.1 Å². The number of fused-ring (bicyclic) bond motifs is 1. The van der Waals surface area contributed by atoms with Gasteiger partial charge in [-0.2, -0.15) is 0 Å². The van der Waals surface area contributed by atoms with E-state index in [1.54, 1.807) is 62.1 Å². The molecule has 2 fully saturated rings. The van der Waals surface area contributed by atoms with E-state index in [-0.39, 0.29) is 128 Å². The summed E-state index contributed by atoms with van der Waals surface area (Å²) in [7, 11) is 8.37. The molecule has 0 radical (unpaired) electrons. The molecule has 126 heavy (non-hydrogen) atoms. The number of nitrogens with zero attached hydrogens (tertiary/aromatic N) is 7. The fraction of sp³-hybridized carbons (Fsp3) is 0.625. The standard InChI is InChI=1S/C63H99N7O13.C33H48N6O4/c1-16-40(8)57(53(81-14)35-54(75)70-31-21-25-49(70)59(82-15)42(10)50(72)32-41(9)58(76)45-22-18-17-19-23-45)68(12)61(78)48(37(2)3)34-52(74)56(39(6)7)69(13)63(80)83-36-44-26-28-47(29-27-44)67-60(77)46(24-20-30-65-62(64)79)33-51(73)55(38(4)5)66-43(11)71;1-4-37(3)25-30-24-27-6-5-15-35-33(27)39(30)19-13-32(41)38-17-11-28(12-18-38)34-16-21-43-23-22-42-20-14-31(40)36-29-9-7-26(2)8-10-29/h17-19,22-23,26-29,37-42,46,48-49,53,55-59,76H,16,20-21,24-25,30-36H2,1-15H3,(H,66,71)(H,67,77)(H3,64,65,79);5-10,15,24,28,34H,4,11-14,16-23,25H2,1-3H3,(H,36,40)/t40-,41-,42-,46+,48-,49-,53+,55-,56-,57-,58+,59+;/m0./s1.